The van der Waals surface area contributed by atoms with E-state index in [1.165, 1.54) is 35.5 Å². The SMILES string of the molecule is CP(C)CP(C)C.C[C]1[C](C)[C](C)[C](C)[C]1C.Fc1c(F)c(F)c([B-](c2c(F)c(F)c(F)c(F)c2F)(c2c(F)c(F)c(F)c(F)c2F)c2c(F)c(F)c(F)c(F)c2F)c(F)c1F.Fc1c(F)c(F)c([B-](c2c(F)c(F)c(F)c(F)c2F)(c2c(F)c(F)c(F)c(F)c2F)c2c(F)c(F)c(F)c(F)c2F)c(F)c1F.[Ir+3]. The molecule has 0 spiro atoms. The summed E-state index contributed by atoms with van der Waals surface area (Å²) in [6, 6.07) is 0. The summed E-state index contributed by atoms with van der Waals surface area (Å²) >= 11 is 0. The van der Waals surface area contributed by atoms with Gasteiger partial charge in [-0.1, -0.05) is 34.6 Å². The molecule has 0 aromatic heterocycles. The third-order valence-corrected chi connectivity index (χ3v) is 21.3. The predicted octanol–water partition coefficient (Wildman–Crippen LogP) is 17.1. The van der Waals surface area contributed by atoms with E-state index < -0.39 is 289 Å². The molecule has 0 aliphatic heterocycles. The molecular weight excluding hydrogens is 1790 g/mol. The van der Waals surface area contributed by atoms with Gasteiger partial charge in [-0.2, -0.15) is 0 Å². The van der Waals surface area contributed by atoms with E-state index in [-0.39, 0.29) is 20.1 Å². The van der Waals surface area contributed by atoms with Crippen molar-refractivity contribution in [2.24, 2.45) is 0 Å². The maximum atomic E-state index is 15.4. The van der Waals surface area contributed by atoms with Gasteiger partial charge in [-0.3, -0.25) is 0 Å². The Hall–Kier alpha value is -7.40. The van der Waals surface area contributed by atoms with Gasteiger partial charge in [0.1, 0.15) is 105 Å². The van der Waals surface area contributed by atoms with Gasteiger partial charge >= 0.3 is 20.1 Å². The van der Waals surface area contributed by atoms with E-state index in [0.717, 1.165) is 0 Å². The summed E-state index contributed by atoms with van der Waals surface area (Å²) in [7, 11) is 0.778. The van der Waals surface area contributed by atoms with Crippen LogP contribution < -0.4 is 43.7 Å². The van der Waals surface area contributed by atoms with Crippen LogP contribution in [0.25, 0.3) is 0 Å². The zero-order valence-electron chi connectivity index (χ0n) is 53.7. The van der Waals surface area contributed by atoms with Gasteiger partial charge in [-0.25, -0.2) is 176 Å². The Morgan fingerprint density at radius 1 is 0.148 bits per heavy atom. The van der Waals surface area contributed by atoms with Crippen molar-refractivity contribution in [3.8, 4) is 0 Å². The first kappa shape index (κ1) is 91.2. The first-order chi connectivity index (χ1) is 49.1. The van der Waals surface area contributed by atoms with Crippen molar-refractivity contribution in [2.45, 2.75) is 34.6 Å². The van der Waals surface area contributed by atoms with E-state index in [2.05, 4.69) is 61.3 Å². The summed E-state index contributed by atoms with van der Waals surface area (Å²) < 4.78 is 588. The zero-order chi connectivity index (χ0) is 82.5. The second-order valence-electron chi connectivity index (χ2n) is 23.0. The fourth-order valence-corrected chi connectivity index (χ4v) is 16.2. The summed E-state index contributed by atoms with van der Waals surface area (Å²) in [5.74, 6) is -134. The molecule has 1 fully saturated rings. The van der Waals surface area contributed by atoms with Crippen LogP contribution >= 0.6 is 15.8 Å². The molecule has 1 saturated carbocycles. The Morgan fingerprint density at radius 3 is 0.269 bits per heavy atom. The molecule has 0 bridgehead atoms. The van der Waals surface area contributed by atoms with Gasteiger partial charge in [-0.15, -0.1) is 59.5 Å². The largest absolute Gasteiger partial charge is 3.00 e. The molecule has 0 N–H and O–H groups in total. The van der Waals surface area contributed by atoms with Crippen molar-refractivity contribution in [3.05, 3.63) is 262 Å². The minimum absolute atomic E-state index is 0. The van der Waals surface area contributed by atoms with Crippen LogP contribution in [0.15, 0.2) is 0 Å². The fraction of sp³-hybridized carbons (Fsp3) is 0.159. The molecule has 45 heteroatoms. The number of rotatable bonds is 10. The second kappa shape index (κ2) is 33.3. The summed E-state index contributed by atoms with van der Waals surface area (Å²) in [4.78, 5) is 0. The number of hydrogen-bond acceptors (Lipinski definition) is 0. The maximum Gasteiger partial charge on any atom is 3.00 e. The predicted molar refractivity (Wildman–Crippen MR) is 305 cm³/mol. The van der Waals surface area contributed by atoms with Crippen molar-refractivity contribution >= 4 is 71.8 Å². The Balaban J connectivity index is 0.000000315. The molecule has 1 aliphatic carbocycles. The van der Waals surface area contributed by atoms with Crippen LogP contribution in [0, 0.1) is 262 Å². The average Bonchev–Trinajstić information content (AvgIpc) is 0.733. The Morgan fingerprint density at radius 2 is 0.213 bits per heavy atom. The molecule has 8 aromatic rings. The molecule has 585 valence electrons. The Labute approximate surface area is 595 Å². The van der Waals surface area contributed by atoms with Crippen molar-refractivity contribution in [1.82, 2.24) is 0 Å². The average molecular weight is 1820 g/mol. The van der Waals surface area contributed by atoms with E-state index in [1.54, 1.807) is 0 Å². The zero-order valence-corrected chi connectivity index (χ0v) is 57.9. The molecule has 0 saturated heterocycles. The van der Waals surface area contributed by atoms with E-state index in [4.69, 9.17) is 0 Å². The van der Waals surface area contributed by atoms with Crippen molar-refractivity contribution in [2.75, 3.05) is 32.6 Å². The molecule has 8 aromatic carbocycles. The Bertz CT molecular complexity index is 3820. The molecule has 1 aliphatic rings. The minimum atomic E-state index is -7.22. The standard InChI is InChI=1S/2C24BF20.C10H15.C5H14P2.Ir/c2*26-5-1(6(27)14(35)21(42)13(5)34)25(2-7(28)15(36)22(43)16(37)8(2)29,3-9(30)17(38)23(44)18(39)10(3)31)4-11(32)19(40)24(45)20(41)12(4)33;1-6-7(2)9(4)10(5)8(6)3;1-6(2)5-7(3)4;/h;;1-5H3;5H2,1-4H3;/q2*-1;;;+3. The Kier molecular flexibility index (Phi) is 28.1. The molecule has 5 radical (unpaired) electrons. The van der Waals surface area contributed by atoms with E-state index in [9.17, 15) is 105 Å². The van der Waals surface area contributed by atoms with Crippen LogP contribution in [0.1, 0.15) is 34.6 Å². The van der Waals surface area contributed by atoms with Gasteiger partial charge in [0.05, 0.1) is 0 Å². The number of hydrogen-bond donors (Lipinski definition) is 0. The van der Waals surface area contributed by atoms with Crippen LogP contribution in [-0.2, 0) is 20.1 Å². The number of benzene rings is 8. The van der Waals surface area contributed by atoms with Gasteiger partial charge in [0.2, 0.25) is 0 Å². The third kappa shape index (κ3) is 14.3. The van der Waals surface area contributed by atoms with Crippen molar-refractivity contribution in [3.63, 3.8) is 0 Å². The van der Waals surface area contributed by atoms with E-state index in [0.29, 0.717) is 15.8 Å². The molecule has 0 amide bonds. The van der Waals surface area contributed by atoms with E-state index >= 15 is 70.2 Å². The molecule has 0 nitrogen and oxygen atoms in total. The monoisotopic (exact) mass is 1820 g/mol. The molecular formula is C63H29B2F40IrP2+. The minimum Gasteiger partial charge on any atom is -0.207 e. The van der Waals surface area contributed by atoms with Crippen LogP contribution in [0.4, 0.5) is 176 Å². The first-order valence-corrected chi connectivity index (χ1v) is 32.9. The molecule has 0 atom stereocenters. The molecule has 0 heterocycles. The fourth-order valence-electron chi connectivity index (χ4n) is 11.7. The molecule has 9 rings (SSSR count). The molecule has 0 unspecified atom stereocenters. The summed E-state index contributed by atoms with van der Waals surface area (Å²) in [5.41, 5.74) is -28.7. The van der Waals surface area contributed by atoms with Crippen LogP contribution in [0.2, 0.25) is 0 Å². The summed E-state index contributed by atoms with van der Waals surface area (Å²) in [6.45, 7) is 20.4. The van der Waals surface area contributed by atoms with Crippen LogP contribution in [-0.4, -0.2) is 44.9 Å². The summed E-state index contributed by atoms with van der Waals surface area (Å²) in [6.07, 6.45) is -14.4. The van der Waals surface area contributed by atoms with Crippen LogP contribution in [0.5, 0.6) is 0 Å². The third-order valence-electron chi connectivity index (χ3n) is 16.8. The van der Waals surface area contributed by atoms with Gasteiger partial charge in [0.25, 0.3) is 0 Å². The van der Waals surface area contributed by atoms with Gasteiger partial charge < -0.3 is 0 Å². The van der Waals surface area contributed by atoms with Crippen LogP contribution in [0.3, 0.4) is 0 Å². The quantitative estimate of drug-likeness (QED) is 0.0421. The second-order valence-corrected chi connectivity index (χ2v) is 28.5. The maximum absolute atomic E-state index is 15.4. The van der Waals surface area contributed by atoms with E-state index in [1.807, 2.05) is 0 Å². The topological polar surface area (TPSA) is 0 Å². The number of halogens is 40. The molecule has 108 heavy (non-hydrogen) atoms. The van der Waals surface area contributed by atoms with Gasteiger partial charge in [0, 0.05) is 0 Å². The summed E-state index contributed by atoms with van der Waals surface area (Å²) in [5, 5.41) is 0. The van der Waals surface area contributed by atoms with Crippen molar-refractivity contribution in [1.29, 1.82) is 0 Å². The first-order valence-electron chi connectivity index (χ1n) is 28.0. The van der Waals surface area contributed by atoms with Crippen molar-refractivity contribution < 1.29 is 196 Å². The smallest absolute Gasteiger partial charge is 0.207 e. The van der Waals surface area contributed by atoms with Gasteiger partial charge in [0.15, 0.2) is 140 Å². The van der Waals surface area contributed by atoms with Gasteiger partial charge in [-0.05, 0) is 62.2 Å². The normalized spacial score (nSPS) is 13.4.